The minimum absolute atomic E-state index is 0.114. The van der Waals surface area contributed by atoms with Crippen molar-refractivity contribution in [3.8, 4) is 11.5 Å². The zero-order valence-electron chi connectivity index (χ0n) is 15.2. The molecule has 0 aliphatic carbocycles. The number of benzene rings is 2. The number of ether oxygens (including phenoxy) is 2. The summed E-state index contributed by atoms with van der Waals surface area (Å²) in [4.78, 5) is 23.7. The van der Waals surface area contributed by atoms with Gasteiger partial charge in [-0.05, 0) is 47.9 Å². The van der Waals surface area contributed by atoms with Crippen LogP contribution in [0.1, 0.15) is 25.3 Å². The van der Waals surface area contributed by atoms with Crippen LogP contribution in [0.5, 0.6) is 11.5 Å². The first-order valence-corrected chi connectivity index (χ1v) is 8.41. The lowest BCUT2D eigenvalue weighted by molar-refractivity contribution is -0.125. The van der Waals surface area contributed by atoms with Crippen molar-refractivity contribution in [3.05, 3.63) is 54.1 Å². The second kappa shape index (κ2) is 9.46. The van der Waals surface area contributed by atoms with Crippen molar-refractivity contribution < 1.29 is 19.1 Å². The van der Waals surface area contributed by atoms with Crippen molar-refractivity contribution in [2.45, 2.75) is 19.8 Å². The molecule has 2 rings (SSSR count). The van der Waals surface area contributed by atoms with E-state index in [1.807, 2.05) is 24.3 Å². The van der Waals surface area contributed by atoms with E-state index in [1.54, 1.807) is 31.4 Å². The van der Waals surface area contributed by atoms with E-state index in [9.17, 15) is 9.59 Å². The van der Waals surface area contributed by atoms with Crippen LogP contribution in [0.25, 0.3) is 0 Å². The molecule has 0 aliphatic rings. The van der Waals surface area contributed by atoms with Gasteiger partial charge in [-0.1, -0.05) is 26.0 Å². The number of rotatable bonds is 8. The predicted octanol–water partition coefficient (Wildman–Crippen LogP) is 2.95. The van der Waals surface area contributed by atoms with Crippen LogP contribution in [0.4, 0.5) is 5.69 Å². The Morgan fingerprint density at radius 2 is 1.54 bits per heavy atom. The second-order valence-electron chi connectivity index (χ2n) is 6.07. The average molecular weight is 356 g/mol. The SMILES string of the molecule is COc1ccc(OCC(=O)NCC(=O)Nc2ccc(C(C)C)cc2)cc1. The van der Waals surface area contributed by atoms with Crippen molar-refractivity contribution in [3.63, 3.8) is 0 Å². The molecule has 2 aromatic rings. The smallest absolute Gasteiger partial charge is 0.258 e. The van der Waals surface area contributed by atoms with Crippen LogP contribution in [0.15, 0.2) is 48.5 Å². The fraction of sp³-hybridized carbons (Fsp3) is 0.300. The molecule has 0 heterocycles. The molecule has 0 saturated heterocycles. The quantitative estimate of drug-likeness (QED) is 0.762. The van der Waals surface area contributed by atoms with Gasteiger partial charge >= 0.3 is 0 Å². The van der Waals surface area contributed by atoms with Gasteiger partial charge in [0.2, 0.25) is 5.91 Å². The van der Waals surface area contributed by atoms with Gasteiger partial charge in [0.1, 0.15) is 11.5 Å². The first kappa shape index (κ1) is 19.3. The maximum Gasteiger partial charge on any atom is 0.258 e. The van der Waals surface area contributed by atoms with Crippen LogP contribution in [0.2, 0.25) is 0 Å². The summed E-state index contributed by atoms with van der Waals surface area (Å²) in [5, 5.41) is 5.27. The third kappa shape index (κ3) is 6.12. The van der Waals surface area contributed by atoms with E-state index in [1.165, 1.54) is 5.56 Å². The number of carbonyl (C=O) groups is 2. The summed E-state index contributed by atoms with van der Waals surface area (Å²) in [5.74, 6) is 1.03. The molecule has 26 heavy (non-hydrogen) atoms. The Kier molecular flexibility index (Phi) is 7.02. The Morgan fingerprint density at radius 3 is 2.12 bits per heavy atom. The summed E-state index contributed by atoms with van der Waals surface area (Å²) < 4.78 is 10.4. The van der Waals surface area contributed by atoms with Gasteiger partial charge in [0, 0.05) is 5.69 Å². The van der Waals surface area contributed by atoms with E-state index in [0.29, 0.717) is 23.1 Å². The highest BCUT2D eigenvalue weighted by Crippen LogP contribution is 2.17. The van der Waals surface area contributed by atoms with Gasteiger partial charge in [-0.15, -0.1) is 0 Å². The Labute approximate surface area is 153 Å². The first-order chi connectivity index (χ1) is 12.5. The number of anilines is 1. The molecule has 0 aromatic heterocycles. The molecule has 0 saturated carbocycles. The van der Waals surface area contributed by atoms with Crippen LogP contribution in [0, 0.1) is 0 Å². The van der Waals surface area contributed by atoms with Crippen LogP contribution >= 0.6 is 0 Å². The van der Waals surface area contributed by atoms with Crippen molar-refractivity contribution >= 4 is 17.5 Å². The van der Waals surface area contributed by atoms with Crippen LogP contribution < -0.4 is 20.1 Å². The summed E-state index contributed by atoms with van der Waals surface area (Å²) in [6.45, 7) is 3.94. The molecule has 0 spiro atoms. The highest BCUT2D eigenvalue weighted by molar-refractivity contribution is 5.94. The lowest BCUT2D eigenvalue weighted by atomic mass is 10.0. The summed E-state index contributed by atoms with van der Waals surface area (Å²) in [6.07, 6.45) is 0. The molecule has 0 bridgehead atoms. The maximum absolute atomic E-state index is 11.9. The summed E-state index contributed by atoms with van der Waals surface area (Å²) in [5.41, 5.74) is 1.90. The van der Waals surface area contributed by atoms with Gasteiger partial charge in [-0.2, -0.15) is 0 Å². The number of hydrogen-bond acceptors (Lipinski definition) is 4. The van der Waals surface area contributed by atoms with Gasteiger partial charge in [0.15, 0.2) is 6.61 Å². The maximum atomic E-state index is 11.9. The summed E-state index contributed by atoms with van der Waals surface area (Å²) in [7, 11) is 1.58. The number of hydrogen-bond donors (Lipinski definition) is 2. The minimum atomic E-state index is -0.369. The molecule has 0 radical (unpaired) electrons. The largest absolute Gasteiger partial charge is 0.497 e. The Morgan fingerprint density at radius 1 is 0.923 bits per heavy atom. The van der Waals surface area contributed by atoms with Crippen LogP contribution in [-0.4, -0.2) is 32.1 Å². The van der Waals surface area contributed by atoms with Crippen LogP contribution in [-0.2, 0) is 9.59 Å². The normalized spacial score (nSPS) is 10.3. The topological polar surface area (TPSA) is 76.7 Å². The lowest BCUT2D eigenvalue weighted by Gasteiger charge is -2.10. The highest BCUT2D eigenvalue weighted by atomic mass is 16.5. The third-order valence-corrected chi connectivity index (χ3v) is 3.74. The van der Waals surface area contributed by atoms with Gasteiger partial charge in [0.05, 0.1) is 13.7 Å². The molecule has 0 atom stereocenters. The van der Waals surface area contributed by atoms with E-state index in [0.717, 1.165) is 0 Å². The van der Waals surface area contributed by atoms with E-state index in [2.05, 4.69) is 24.5 Å². The predicted molar refractivity (Wildman–Crippen MR) is 101 cm³/mol. The standard InChI is InChI=1S/C20H24N2O4/c1-14(2)15-4-6-16(7-5-15)22-19(23)12-21-20(24)13-26-18-10-8-17(25-3)9-11-18/h4-11,14H,12-13H2,1-3H3,(H,21,24)(H,22,23). The Hall–Kier alpha value is -3.02. The molecular formula is C20H24N2O4. The van der Waals surface area contributed by atoms with E-state index in [4.69, 9.17) is 9.47 Å². The number of carbonyl (C=O) groups excluding carboxylic acids is 2. The molecule has 0 aliphatic heterocycles. The molecule has 0 unspecified atom stereocenters. The second-order valence-corrected chi connectivity index (χ2v) is 6.07. The average Bonchev–Trinajstić information content (AvgIpc) is 2.65. The zero-order valence-corrected chi connectivity index (χ0v) is 15.2. The van der Waals surface area contributed by atoms with Gasteiger partial charge in [-0.3, -0.25) is 9.59 Å². The lowest BCUT2D eigenvalue weighted by Crippen LogP contribution is -2.35. The third-order valence-electron chi connectivity index (χ3n) is 3.74. The molecule has 6 heteroatoms. The summed E-state index contributed by atoms with van der Waals surface area (Å²) >= 11 is 0. The molecule has 2 aromatic carbocycles. The van der Waals surface area contributed by atoms with Crippen LogP contribution in [0.3, 0.4) is 0 Å². The fourth-order valence-electron chi connectivity index (χ4n) is 2.21. The van der Waals surface area contributed by atoms with E-state index in [-0.39, 0.29) is 25.0 Å². The first-order valence-electron chi connectivity index (χ1n) is 8.41. The molecule has 0 fully saturated rings. The molecule has 2 N–H and O–H groups in total. The number of amides is 2. The Bertz CT molecular complexity index is 724. The number of methoxy groups -OCH3 is 1. The van der Waals surface area contributed by atoms with Gasteiger partial charge < -0.3 is 20.1 Å². The molecule has 138 valence electrons. The van der Waals surface area contributed by atoms with Crippen molar-refractivity contribution in [2.24, 2.45) is 0 Å². The summed E-state index contributed by atoms with van der Waals surface area (Å²) in [6, 6.07) is 14.5. The fourth-order valence-corrected chi connectivity index (χ4v) is 2.21. The van der Waals surface area contributed by atoms with Gasteiger partial charge in [-0.25, -0.2) is 0 Å². The van der Waals surface area contributed by atoms with Crippen molar-refractivity contribution in [1.29, 1.82) is 0 Å². The van der Waals surface area contributed by atoms with E-state index >= 15 is 0 Å². The van der Waals surface area contributed by atoms with Crippen molar-refractivity contribution in [1.82, 2.24) is 5.32 Å². The zero-order chi connectivity index (χ0) is 18.9. The minimum Gasteiger partial charge on any atom is -0.497 e. The number of nitrogens with one attached hydrogen (secondary N) is 2. The monoisotopic (exact) mass is 356 g/mol. The molecule has 6 nitrogen and oxygen atoms in total. The van der Waals surface area contributed by atoms with E-state index < -0.39 is 0 Å². The van der Waals surface area contributed by atoms with Crippen molar-refractivity contribution in [2.75, 3.05) is 25.6 Å². The highest BCUT2D eigenvalue weighted by Gasteiger charge is 2.07. The molecule has 2 amide bonds. The Balaban J connectivity index is 1.71. The van der Waals surface area contributed by atoms with Gasteiger partial charge in [0.25, 0.3) is 5.91 Å². The molecular weight excluding hydrogens is 332 g/mol.